The van der Waals surface area contributed by atoms with Gasteiger partial charge in [0, 0.05) is 18.7 Å². The molecule has 0 bridgehead atoms. The van der Waals surface area contributed by atoms with Gasteiger partial charge in [-0.15, -0.1) is 0 Å². The van der Waals surface area contributed by atoms with Crippen LogP contribution in [0.5, 0.6) is 5.75 Å². The monoisotopic (exact) mass is 451 g/mol. The number of nitrogens with zero attached hydrogens (tertiary/aromatic N) is 1. The summed E-state index contributed by atoms with van der Waals surface area (Å²) in [7, 11) is -3.56. The van der Waals surface area contributed by atoms with Crippen LogP contribution in [-0.4, -0.2) is 31.5 Å². The third kappa shape index (κ3) is 6.44. The van der Waals surface area contributed by atoms with Gasteiger partial charge in [-0.2, -0.15) is 8.42 Å². The molecule has 6 heteroatoms. The largest absolute Gasteiger partial charge is 0.382 e. The number of hydrogen-bond donors (Lipinski definition) is 0. The number of carbonyl (C=O) groups is 1. The van der Waals surface area contributed by atoms with Gasteiger partial charge >= 0.3 is 10.1 Å². The van der Waals surface area contributed by atoms with E-state index >= 15 is 0 Å². The van der Waals surface area contributed by atoms with E-state index in [0.29, 0.717) is 24.6 Å². The molecule has 0 radical (unpaired) electrons. The van der Waals surface area contributed by atoms with E-state index in [2.05, 4.69) is 13.8 Å². The minimum absolute atomic E-state index is 0.0350. The van der Waals surface area contributed by atoms with Crippen LogP contribution in [0.2, 0.25) is 0 Å². The molecule has 0 atom stereocenters. The van der Waals surface area contributed by atoms with E-state index in [1.54, 1.807) is 24.3 Å². The van der Waals surface area contributed by atoms with Crippen LogP contribution in [0.15, 0.2) is 78.9 Å². The molecule has 0 aliphatic rings. The summed E-state index contributed by atoms with van der Waals surface area (Å²) in [6, 6.07) is 24.5. The highest BCUT2D eigenvalue weighted by Gasteiger charge is 2.18. The summed E-state index contributed by atoms with van der Waals surface area (Å²) in [5, 5.41) is 0. The highest BCUT2D eigenvalue weighted by molar-refractivity contribution is 7.87. The minimum Gasteiger partial charge on any atom is -0.382 e. The molecule has 168 valence electrons. The van der Waals surface area contributed by atoms with Gasteiger partial charge in [0.2, 0.25) is 0 Å². The van der Waals surface area contributed by atoms with E-state index in [-0.39, 0.29) is 17.4 Å². The van der Waals surface area contributed by atoms with Crippen LogP contribution < -0.4 is 4.18 Å². The van der Waals surface area contributed by atoms with Crippen molar-refractivity contribution in [3.63, 3.8) is 0 Å². The molecule has 0 heterocycles. The number of rotatable bonds is 9. The summed E-state index contributed by atoms with van der Waals surface area (Å²) in [6.45, 7) is 6.72. The van der Waals surface area contributed by atoms with Crippen LogP contribution in [0.3, 0.4) is 0 Å². The Hall–Kier alpha value is -3.12. The van der Waals surface area contributed by atoms with E-state index in [1.807, 2.05) is 59.5 Å². The van der Waals surface area contributed by atoms with E-state index in [9.17, 15) is 13.2 Å². The predicted molar refractivity (Wildman–Crippen MR) is 128 cm³/mol. The molecule has 0 spiro atoms. The van der Waals surface area contributed by atoms with Crippen molar-refractivity contribution < 1.29 is 17.4 Å². The van der Waals surface area contributed by atoms with Crippen LogP contribution in [0.4, 0.5) is 0 Å². The van der Waals surface area contributed by atoms with Gasteiger partial charge in [0.25, 0.3) is 5.91 Å². The molecule has 0 saturated carbocycles. The summed E-state index contributed by atoms with van der Waals surface area (Å²) < 4.78 is 28.3. The van der Waals surface area contributed by atoms with Gasteiger partial charge in [0.05, 0.1) is 5.75 Å². The van der Waals surface area contributed by atoms with Gasteiger partial charge in [0.15, 0.2) is 0 Å². The van der Waals surface area contributed by atoms with Crippen LogP contribution in [0.1, 0.15) is 36.7 Å². The van der Waals surface area contributed by atoms with Gasteiger partial charge in [-0.3, -0.25) is 4.79 Å². The molecule has 5 nitrogen and oxygen atoms in total. The average molecular weight is 452 g/mol. The molecule has 0 unspecified atom stereocenters. The van der Waals surface area contributed by atoms with Gasteiger partial charge in [-0.05, 0) is 53.8 Å². The average Bonchev–Trinajstić information content (AvgIpc) is 2.79. The molecule has 0 aliphatic carbocycles. The van der Waals surface area contributed by atoms with Crippen molar-refractivity contribution in [1.82, 2.24) is 4.90 Å². The molecular formula is C26H29NO4S. The summed E-state index contributed by atoms with van der Waals surface area (Å²) in [5.41, 5.74) is 3.72. The van der Waals surface area contributed by atoms with Crippen molar-refractivity contribution in [3.05, 3.63) is 90.0 Å². The Labute approximate surface area is 190 Å². The van der Waals surface area contributed by atoms with E-state index in [0.717, 1.165) is 16.7 Å². The minimum atomic E-state index is -3.56. The van der Waals surface area contributed by atoms with Gasteiger partial charge in [-0.1, -0.05) is 68.4 Å². The zero-order valence-electron chi connectivity index (χ0n) is 18.7. The Morgan fingerprint density at radius 3 is 2.03 bits per heavy atom. The van der Waals surface area contributed by atoms with E-state index in [4.69, 9.17) is 4.18 Å². The SMILES string of the molecule is CCS(=O)(=O)Oc1ccc(CN(CC(C)C)C(=O)c2ccc(-c3ccccc3)cc2)cc1. The van der Waals surface area contributed by atoms with Crippen molar-refractivity contribution in [1.29, 1.82) is 0 Å². The first-order chi connectivity index (χ1) is 15.3. The maximum absolute atomic E-state index is 13.2. The van der Waals surface area contributed by atoms with Crippen molar-refractivity contribution >= 4 is 16.0 Å². The topological polar surface area (TPSA) is 63.7 Å². The fraction of sp³-hybridized carbons (Fsp3) is 0.269. The first-order valence-electron chi connectivity index (χ1n) is 10.7. The molecule has 1 amide bonds. The van der Waals surface area contributed by atoms with Crippen LogP contribution in [0.25, 0.3) is 11.1 Å². The summed E-state index contributed by atoms with van der Waals surface area (Å²) >= 11 is 0. The van der Waals surface area contributed by atoms with E-state index < -0.39 is 10.1 Å². The molecule has 0 aliphatic heterocycles. The molecule has 32 heavy (non-hydrogen) atoms. The smallest absolute Gasteiger partial charge is 0.308 e. The molecule has 3 aromatic rings. The Kier molecular flexibility index (Phi) is 7.70. The fourth-order valence-electron chi connectivity index (χ4n) is 3.35. The molecule has 0 fully saturated rings. The van der Waals surface area contributed by atoms with Crippen LogP contribution in [-0.2, 0) is 16.7 Å². The molecule has 3 rings (SSSR count). The van der Waals surface area contributed by atoms with Gasteiger partial charge in [-0.25, -0.2) is 0 Å². The second-order valence-corrected chi connectivity index (χ2v) is 9.96. The maximum Gasteiger partial charge on any atom is 0.308 e. The third-order valence-corrected chi connectivity index (χ3v) is 6.14. The number of amides is 1. The van der Waals surface area contributed by atoms with Crippen LogP contribution in [0, 0.1) is 5.92 Å². The van der Waals surface area contributed by atoms with Gasteiger partial charge < -0.3 is 9.08 Å². The lowest BCUT2D eigenvalue weighted by atomic mass is 10.0. The highest BCUT2D eigenvalue weighted by atomic mass is 32.2. The second kappa shape index (κ2) is 10.5. The van der Waals surface area contributed by atoms with Crippen molar-refractivity contribution in [2.75, 3.05) is 12.3 Å². The molecule has 0 aromatic heterocycles. The first kappa shape index (κ1) is 23.5. The van der Waals surface area contributed by atoms with Crippen molar-refractivity contribution in [2.45, 2.75) is 27.3 Å². The van der Waals surface area contributed by atoms with Gasteiger partial charge in [0.1, 0.15) is 5.75 Å². The summed E-state index contributed by atoms with van der Waals surface area (Å²) in [6.07, 6.45) is 0. The second-order valence-electron chi connectivity index (χ2n) is 8.10. The van der Waals surface area contributed by atoms with Crippen molar-refractivity contribution in [3.8, 4) is 16.9 Å². The molecular weight excluding hydrogens is 422 g/mol. The first-order valence-corrected chi connectivity index (χ1v) is 12.3. The Morgan fingerprint density at radius 1 is 0.875 bits per heavy atom. The Morgan fingerprint density at radius 2 is 1.47 bits per heavy atom. The third-order valence-electron chi connectivity index (χ3n) is 4.99. The lowest BCUT2D eigenvalue weighted by Gasteiger charge is -2.25. The predicted octanol–water partition coefficient (Wildman–Crippen LogP) is 5.38. The molecule has 0 N–H and O–H groups in total. The molecule has 0 saturated heterocycles. The summed E-state index contributed by atoms with van der Waals surface area (Å²) in [4.78, 5) is 15.1. The van der Waals surface area contributed by atoms with Crippen molar-refractivity contribution in [2.24, 2.45) is 5.92 Å². The lowest BCUT2D eigenvalue weighted by Crippen LogP contribution is -2.33. The standard InChI is InChI=1S/C26H29NO4S/c1-4-32(29,30)31-25-16-10-21(11-17-25)19-27(18-20(2)3)26(28)24-14-12-23(13-15-24)22-8-6-5-7-9-22/h5-17,20H,4,18-19H2,1-3H3. The van der Waals surface area contributed by atoms with Crippen LogP contribution >= 0.6 is 0 Å². The number of benzene rings is 3. The Balaban J connectivity index is 1.75. The summed E-state index contributed by atoms with van der Waals surface area (Å²) in [5.74, 6) is 0.454. The zero-order valence-corrected chi connectivity index (χ0v) is 19.5. The Bertz CT molecular complexity index is 1120. The quantitative estimate of drug-likeness (QED) is 0.410. The highest BCUT2D eigenvalue weighted by Crippen LogP contribution is 2.21. The number of carbonyl (C=O) groups excluding carboxylic acids is 1. The lowest BCUT2D eigenvalue weighted by molar-refractivity contribution is 0.0722. The van der Waals surface area contributed by atoms with E-state index in [1.165, 1.54) is 6.92 Å². The zero-order chi connectivity index (χ0) is 23.1. The normalized spacial score (nSPS) is 11.4. The maximum atomic E-state index is 13.2. The molecule has 3 aromatic carbocycles. The number of hydrogen-bond acceptors (Lipinski definition) is 4. The fourth-order valence-corrected chi connectivity index (χ4v) is 3.88.